The molecule has 0 aliphatic carbocycles. The summed E-state index contributed by atoms with van der Waals surface area (Å²) in [5.41, 5.74) is 5.25. The lowest BCUT2D eigenvalue weighted by Gasteiger charge is -2.16. The van der Waals surface area contributed by atoms with Gasteiger partial charge in [0.15, 0.2) is 6.33 Å². The van der Waals surface area contributed by atoms with Crippen LogP contribution >= 0.6 is 16.4 Å². The van der Waals surface area contributed by atoms with Gasteiger partial charge in [-0.3, -0.25) is 14.3 Å². The maximum absolute atomic E-state index is 12.1. The Morgan fingerprint density at radius 3 is 2.82 bits per heavy atom. The maximum atomic E-state index is 12.1. The Hall–Kier alpha value is -1.51. The van der Waals surface area contributed by atoms with E-state index in [4.69, 9.17) is 20.3 Å². The summed E-state index contributed by atoms with van der Waals surface area (Å²) in [7, 11) is -7.03. The maximum Gasteiger partial charge on any atom is 0.505 e. The summed E-state index contributed by atoms with van der Waals surface area (Å²) in [5, 5.41) is 20.5. The molecule has 7 N–H and O–H groups in total. The zero-order valence-electron chi connectivity index (χ0n) is 14.2. The van der Waals surface area contributed by atoms with Crippen LogP contribution in [0.4, 0.5) is 5.95 Å². The fourth-order valence-corrected chi connectivity index (χ4v) is 4.11. The number of hydrogen-bond acceptors (Lipinski definition) is 10. The predicted molar refractivity (Wildman–Crippen MR) is 89.3 cm³/mol. The molecule has 15 nitrogen and oxygen atoms in total. The van der Waals surface area contributed by atoms with Gasteiger partial charge in [-0.05, 0) is 0 Å². The van der Waals surface area contributed by atoms with Crippen LogP contribution in [-0.2, 0) is 25.2 Å². The number of nitrogens with one attached hydrogen (secondary N) is 1. The van der Waals surface area contributed by atoms with E-state index in [0.29, 0.717) is 0 Å². The second-order valence-corrected chi connectivity index (χ2v) is 8.45. The van der Waals surface area contributed by atoms with Crippen molar-refractivity contribution in [3.8, 4) is 0 Å². The monoisotopic (exact) mass is 442 g/mol. The van der Waals surface area contributed by atoms with Crippen molar-refractivity contribution < 1.29 is 47.6 Å². The topological polar surface area (TPSA) is 229 Å². The number of nitrogen functional groups attached to an aromatic ring is 1. The van der Waals surface area contributed by atoms with E-state index in [9.17, 15) is 24.5 Å². The third kappa shape index (κ3) is 4.23. The van der Waals surface area contributed by atoms with Crippen molar-refractivity contribution in [1.29, 1.82) is 0 Å². The van der Waals surface area contributed by atoms with Gasteiger partial charge < -0.3 is 35.4 Å². The smallest absolute Gasteiger partial charge is 0.505 e. The number of aliphatic hydroxyl groups is 2. The number of H-pyrrole nitrogens is 1. The van der Waals surface area contributed by atoms with Crippen molar-refractivity contribution in [3.63, 3.8) is 0 Å². The Morgan fingerprint density at radius 2 is 2.18 bits per heavy atom. The molecular weight excluding hydrogens is 424 g/mol. The number of aromatic nitrogens is 4. The second kappa shape index (κ2) is 7.72. The molecule has 3 heterocycles. The number of hydrogen-bond donors (Lipinski definition) is 6. The van der Waals surface area contributed by atoms with Gasteiger partial charge in [-0.2, -0.15) is 0 Å². The van der Waals surface area contributed by atoms with Crippen LogP contribution in [0.5, 0.6) is 0 Å². The highest BCUT2D eigenvalue weighted by molar-refractivity contribution is 7.57. The van der Waals surface area contributed by atoms with Gasteiger partial charge in [0, 0.05) is 0 Å². The molecule has 0 aromatic carbocycles. The van der Waals surface area contributed by atoms with E-state index in [2.05, 4.69) is 18.8 Å². The summed E-state index contributed by atoms with van der Waals surface area (Å²) in [5.74, 6) is -0.168. The Balaban J connectivity index is 1.81. The van der Waals surface area contributed by atoms with Gasteiger partial charge in [0.25, 0.3) is 11.5 Å². The van der Waals surface area contributed by atoms with Crippen LogP contribution in [0.3, 0.4) is 0 Å². The highest BCUT2D eigenvalue weighted by atomic mass is 31.3. The van der Waals surface area contributed by atoms with Crippen molar-refractivity contribution in [2.24, 2.45) is 7.05 Å². The van der Waals surface area contributed by atoms with Crippen LogP contribution in [0.25, 0.3) is 11.2 Å². The number of imidazole rings is 1. The lowest BCUT2D eigenvalue weighted by atomic mass is 10.1. The Labute approximate surface area is 157 Å². The first-order valence-corrected chi connectivity index (χ1v) is 10.4. The molecule has 0 spiro atoms. The number of rotatable bonds is 6. The van der Waals surface area contributed by atoms with Crippen molar-refractivity contribution in [1.82, 2.24) is 14.5 Å². The normalized spacial score (nSPS) is 26.8. The quantitative estimate of drug-likeness (QED) is 0.187. The van der Waals surface area contributed by atoms with Gasteiger partial charge in [-0.15, -0.1) is 4.31 Å². The SMILES string of the molecule is Cn1c[n+]([C@@H]2O[C@H](CO[PH+]([O-])OP(=O)(O)O)[C@@H](O)[C@H]2O)c2nc(N)[nH]c(=O)c21. The highest BCUT2D eigenvalue weighted by Gasteiger charge is 2.47. The largest absolute Gasteiger partial charge is 0.633 e. The zero-order valence-corrected chi connectivity index (χ0v) is 16.1. The molecule has 0 amide bonds. The summed E-state index contributed by atoms with van der Waals surface area (Å²) >= 11 is 0. The molecule has 2 aromatic heterocycles. The number of fused-ring (bicyclic) bond motifs is 1. The molecule has 1 fully saturated rings. The lowest BCUT2D eigenvalue weighted by Crippen LogP contribution is -2.46. The molecule has 1 aliphatic rings. The Bertz CT molecular complexity index is 975. The van der Waals surface area contributed by atoms with E-state index in [1.165, 1.54) is 15.5 Å². The van der Waals surface area contributed by atoms with E-state index in [1.807, 2.05) is 0 Å². The Kier molecular flexibility index (Phi) is 5.85. The van der Waals surface area contributed by atoms with Crippen LogP contribution in [0.15, 0.2) is 11.1 Å². The van der Waals surface area contributed by atoms with E-state index in [1.54, 1.807) is 7.05 Å². The van der Waals surface area contributed by atoms with Crippen molar-refractivity contribution in [3.05, 3.63) is 16.7 Å². The first-order chi connectivity index (χ1) is 13.0. The number of aliphatic hydroxyl groups excluding tert-OH is 2. The summed E-state index contributed by atoms with van der Waals surface area (Å²) < 4.78 is 27.4. The molecule has 1 unspecified atom stereocenters. The average molecular weight is 442 g/mol. The summed E-state index contributed by atoms with van der Waals surface area (Å²) in [4.78, 5) is 46.9. The molecule has 156 valence electrons. The Morgan fingerprint density at radius 1 is 1.50 bits per heavy atom. The lowest BCUT2D eigenvalue weighted by molar-refractivity contribution is -0.745. The third-order valence-electron chi connectivity index (χ3n) is 3.96. The number of nitrogens with zero attached hydrogens (tertiary/aromatic N) is 3. The standard InChI is InChI=1S/C11H17N5O10P2/c1-15-3-16(8-5(15)9(19)14-11(12)13-8)10-7(18)6(17)4(25-10)2-24-27(20)26-28(21,22)23/h3-4,6-7,10,17-18,27H,2H2,1H3,(H4-,12,13,14,19,21,22,23)/p+1/t4-,6-,7-,10-/m1/s1. The molecule has 0 saturated carbocycles. The number of aryl methyl sites for hydroxylation is 1. The predicted octanol–water partition coefficient (Wildman–Crippen LogP) is -3.80. The van der Waals surface area contributed by atoms with Gasteiger partial charge in [0.05, 0.1) is 7.05 Å². The van der Waals surface area contributed by atoms with Crippen LogP contribution in [-0.4, -0.2) is 59.5 Å². The first-order valence-electron chi connectivity index (χ1n) is 7.67. The van der Waals surface area contributed by atoms with Gasteiger partial charge in [-0.25, -0.2) is 13.7 Å². The van der Waals surface area contributed by atoms with Crippen LogP contribution in [0.2, 0.25) is 0 Å². The van der Waals surface area contributed by atoms with Crippen LogP contribution in [0, 0.1) is 0 Å². The number of ether oxygens (including phenoxy) is 1. The van der Waals surface area contributed by atoms with E-state index < -0.39 is 53.1 Å². The highest BCUT2D eigenvalue weighted by Crippen LogP contribution is 2.49. The fourth-order valence-electron chi connectivity index (χ4n) is 2.83. The number of phosphoric acid groups is 1. The molecule has 2 aromatic rings. The third-order valence-corrected chi connectivity index (χ3v) is 5.91. The first kappa shape index (κ1) is 21.2. The molecule has 0 radical (unpaired) electrons. The molecule has 28 heavy (non-hydrogen) atoms. The molecule has 17 heteroatoms. The number of aromatic amines is 1. The molecule has 0 bridgehead atoms. The van der Waals surface area contributed by atoms with E-state index in [0.717, 1.165) is 0 Å². The minimum absolute atomic E-state index is 0.0833. The van der Waals surface area contributed by atoms with Crippen molar-refractivity contribution in [2.75, 3.05) is 12.3 Å². The minimum Gasteiger partial charge on any atom is -0.633 e. The molecule has 1 saturated heterocycles. The fraction of sp³-hybridized carbons (Fsp3) is 0.545. The average Bonchev–Trinajstić information content (AvgIpc) is 3.02. The molecule has 5 atom stereocenters. The van der Waals surface area contributed by atoms with E-state index in [-0.39, 0.29) is 17.1 Å². The van der Waals surface area contributed by atoms with Crippen molar-refractivity contribution >= 4 is 33.5 Å². The van der Waals surface area contributed by atoms with Gasteiger partial charge >= 0.3 is 13.5 Å². The summed E-state index contributed by atoms with van der Waals surface area (Å²) in [6, 6.07) is 0. The minimum atomic E-state index is -5.01. The number of nitrogens with two attached hydrogens (primary N) is 1. The molecular formula is C11H18N5O10P2+. The van der Waals surface area contributed by atoms with E-state index >= 15 is 0 Å². The van der Waals surface area contributed by atoms with Gasteiger partial charge in [0.2, 0.25) is 20.3 Å². The molecule has 3 rings (SSSR count). The zero-order chi connectivity index (χ0) is 20.8. The second-order valence-electron chi connectivity index (χ2n) is 5.95. The van der Waals surface area contributed by atoms with Crippen LogP contribution in [0.1, 0.15) is 6.23 Å². The number of anilines is 1. The van der Waals surface area contributed by atoms with Gasteiger partial charge in [0.1, 0.15) is 24.9 Å². The summed E-state index contributed by atoms with van der Waals surface area (Å²) in [6.07, 6.45) is -4.01. The van der Waals surface area contributed by atoms with Gasteiger partial charge in [-0.1, -0.05) is 4.98 Å². The van der Waals surface area contributed by atoms with Crippen molar-refractivity contribution in [2.45, 2.75) is 24.5 Å². The van der Waals surface area contributed by atoms with Crippen LogP contribution < -0.4 is 20.8 Å². The molecule has 1 aliphatic heterocycles. The summed E-state index contributed by atoms with van der Waals surface area (Å²) in [6.45, 7) is -0.589.